The highest BCUT2D eigenvalue weighted by Gasteiger charge is 2.09. The number of benzene rings is 2. The lowest BCUT2D eigenvalue weighted by Gasteiger charge is -2.09. The quantitative estimate of drug-likeness (QED) is 0.646. The molecule has 2 rings (SSSR count). The highest BCUT2D eigenvalue weighted by molar-refractivity contribution is 5.99. The van der Waals surface area contributed by atoms with Crippen LogP contribution < -0.4 is 15.4 Å². The first-order valence-corrected chi connectivity index (χ1v) is 6.31. The largest absolute Gasteiger partial charge is 0.435 e. The first kappa shape index (κ1) is 16.1. The highest BCUT2D eigenvalue weighted by atomic mass is 19.3. The first-order chi connectivity index (χ1) is 10.9. The molecule has 7 nitrogen and oxygen atoms in total. The van der Waals surface area contributed by atoms with E-state index in [0.717, 1.165) is 0 Å². The third-order valence-electron chi connectivity index (χ3n) is 2.65. The molecule has 0 aromatic heterocycles. The number of alkyl halides is 2. The molecule has 0 spiro atoms. The minimum absolute atomic E-state index is 0.0374. The molecular weight excluding hydrogens is 312 g/mol. The number of rotatable bonds is 5. The minimum atomic E-state index is -2.93. The highest BCUT2D eigenvalue weighted by Crippen LogP contribution is 2.19. The van der Waals surface area contributed by atoms with Crippen molar-refractivity contribution in [1.82, 2.24) is 0 Å². The van der Waals surface area contributed by atoms with Gasteiger partial charge in [0.05, 0.1) is 4.92 Å². The van der Waals surface area contributed by atoms with Crippen molar-refractivity contribution >= 4 is 23.1 Å². The number of ether oxygens (including phenoxy) is 1. The van der Waals surface area contributed by atoms with Gasteiger partial charge in [0.2, 0.25) is 0 Å². The number of carbonyl (C=O) groups excluding carboxylic acids is 1. The van der Waals surface area contributed by atoms with Crippen LogP contribution in [0, 0.1) is 10.1 Å². The Kier molecular flexibility index (Phi) is 5.03. The van der Waals surface area contributed by atoms with Gasteiger partial charge >= 0.3 is 12.6 Å². The molecule has 0 saturated carbocycles. The molecular formula is C14H11F2N3O4. The van der Waals surface area contributed by atoms with E-state index in [1.54, 1.807) is 0 Å². The summed E-state index contributed by atoms with van der Waals surface area (Å²) in [4.78, 5) is 21.9. The van der Waals surface area contributed by atoms with Crippen molar-refractivity contribution in [2.45, 2.75) is 6.61 Å². The number of halogens is 2. The summed E-state index contributed by atoms with van der Waals surface area (Å²) in [5.41, 5.74) is 0.431. The normalized spacial score (nSPS) is 10.2. The molecule has 9 heteroatoms. The fourth-order valence-corrected chi connectivity index (χ4v) is 1.71. The van der Waals surface area contributed by atoms with Crippen molar-refractivity contribution in [1.29, 1.82) is 0 Å². The maximum atomic E-state index is 12.0. The molecule has 0 aliphatic heterocycles. The molecule has 0 atom stereocenters. The number of nitro benzene ring substituents is 1. The minimum Gasteiger partial charge on any atom is -0.435 e. The van der Waals surface area contributed by atoms with E-state index >= 15 is 0 Å². The number of amides is 2. The molecule has 0 radical (unpaired) electrons. The molecule has 120 valence electrons. The maximum absolute atomic E-state index is 12.0. The fraction of sp³-hybridized carbons (Fsp3) is 0.0714. The Bertz CT molecular complexity index is 707. The number of carbonyl (C=O) groups is 1. The summed E-state index contributed by atoms with van der Waals surface area (Å²) in [6, 6.07) is 10.1. The van der Waals surface area contributed by atoms with E-state index in [0.29, 0.717) is 5.69 Å². The molecule has 0 fully saturated rings. The van der Waals surface area contributed by atoms with Gasteiger partial charge in [0, 0.05) is 23.5 Å². The Morgan fingerprint density at radius 1 is 1.09 bits per heavy atom. The molecule has 2 amide bonds. The molecule has 2 aromatic rings. The second kappa shape index (κ2) is 7.16. The zero-order valence-corrected chi connectivity index (χ0v) is 11.5. The zero-order chi connectivity index (χ0) is 16.8. The predicted octanol–water partition coefficient (Wildman–Crippen LogP) is 3.84. The van der Waals surface area contributed by atoms with Gasteiger partial charge < -0.3 is 15.4 Å². The Balaban J connectivity index is 1.96. The SMILES string of the molecule is O=C(Nc1ccc(OC(F)F)cc1)Nc1cccc([N+](=O)[O-])c1. The van der Waals surface area contributed by atoms with Crippen LogP contribution in [0.4, 0.5) is 30.6 Å². The molecule has 0 aliphatic rings. The number of hydrogen-bond acceptors (Lipinski definition) is 4. The van der Waals surface area contributed by atoms with Gasteiger partial charge in [-0.1, -0.05) is 6.07 Å². The molecule has 0 bridgehead atoms. The number of nitrogens with one attached hydrogen (secondary N) is 2. The van der Waals surface area contributed by atoms with E-state index in [-0.39, 0.29) is 17.1 Å². The Labute approximate surface area is 129 Å². The molecule has 0 aliphatic carbocycles. The van der Waals surface area contributed by atoms with Crippen LogP contribution in [0.1, 0.15) is 0 Å². The van der Waals surface area contributed by atoms with E-state index in [2.05, 4.69) is 15.4 Å². The van der Waals surface area contributed by atoms with Gasteiger partial charge in [-0.05, 0) is 30.3 Å². The Morgan fingerprint density at radius 3 is 2.35 bits per heavy atom. The van der Waals surface area contributed by atoms with E-state index < -0.39 is 17.6 Å². The third-order valence-corrected chi connectivity index (χ3v) is 2.65. The van der Waals surface area contributed by atoms with E-state index in [4.69, 9.17) is 0 Å². The average molecular weight is 323 g/mol. The van der Waals surface area contributed by atoms with E-state index in [9.17, 15) is 23.7 Å². The second-order valence-electron chi connectivity index (χ2n) is 4.29. The number of nitro groups is 1. The van der Waals surface area contributed by atoms with E-state index in [1.807, 2.05) is 0 Å². The van der Waals surface area contributed by atoms with Crippen molar-refractivity contribution in [3.63, 3.8) is 0 Å². The van der Waals surface area contributed by atoms with Gasteiger partial charge in [-0.25, -0.2) is 4.79 Å². The summed E-state index contributed by atoms with van der Waals surface area (Å²) in [5, 5.41) is 15.5. The predicted molar refractivity (Wildman–Crippen MR) is 78.8 cm³/mol. The second-order valence-corrected chi connectivity index (χ2v) is 4.29. The molecule has 0 unspecified atom stereocenters. The van der Waals surface area contributed by atoms with Crippen molar-refractivity contribution in [3.05, 3.63) is 58.6 Å². The van der Waals surface area contributed by atoms with Crippen LogP contribution in [-0.4, -0.2) is 17.6 Å². The molecule has 0 saturated heterocycles. The smallest absolute Gasteiger partial charge is 0.387 e. The lowest BCUT2D eigenvalue weighted by molar-refractivity contribution is -0.384. The van der Waals surface area contributed by atoms with Gasteiger partial charge in [-0.15, -0.1) is 0 Å². The van der Waals surface area contributed by atoms with Gasteiger partial charge in [-0.3, -0.25) is 10.1 Å². The van der Waals surface area contributed by atoms with Crippen LogP contribution in [0.2, 0.25) is 0 Å². The van der Waals surface area contributed by atoms with Gasteiger partial charge in [0.1, 0.15) is 5.75 Å². The fourth-order valence-electron chi connectivity index (χ4n) is 1.71. The first-order valence-electron chi connectivity index (χ1n) is 6.31. The monoisotopic (exact) mass is 323 g/mol. The van der Waals surface area contributed by atoms with Crippen LogP contribution in [0.25, 0.3) is 0 Å². The molecule has 23 heavy (non-hydrogen) atoms. The summed E-state index contributed by atoms with van der Waals surface area (Å²) >= 11 is 0. The number of anilines is 2. The summed E-state index contributed by atoms with van der Waals surface area (Å²) in [6.45, 7) is -2.93. The van der Waals surface area contributed by atoms with Crippen LogP contribution in [0.5, 0.6) is 5.75 Å². The Morgan fingerprint density at radius 2 is 1.74 bits per heavy atom. The van der Waals surface area contributed by atoms with Crippen LogP contribution in [0.3, 0.4) is 0 Å². The summed E-state index contributed by atoms with van der Waals surface area (Å²) in [5.74, 6) is -0.0374. The number of urea groups is 1. The zero-order valence-electron chi connectivity index (χ0n) is 11.5. The van der Waals surface area contributed by atoms with Gasteiger partial charge in [-0.2, -0.15) is 8.78 Å². The number of non-ortho nitro benzene ring substituents is 1. The average Bonchev–Trinajstić information content (AvgIpc) is 2.49. The van der Waals surface area contributed by atoms with Crippen molar-refractivity contribution < 1.29 is 23.2 Å². The lowest BCUT2D eigenvalue weighted by atomic mass is 10.3. The standard InChI is InChI=1S/C14H11F2N3O4/c15-13(16)23-12-6-4-9(5-7-12)17-14(20)18-10-2-1-3-11(8-10)19(21)22/h1-8,13H,(H2,17,18,20). The lowest BCUT2D eigenvalue weighted by Crippen LogP contribution is -2.19. The maximum Gasteiger partial charge on any atom is 0.387 e. The number of nitrogens with zero attached hydrogens (tertiary/aromatic N) is 1. The van der Waals surface area contributed by atoms with Crippen molar-refractivity contribution in [2.24, 2.45) is 0 Å². The van der Waals surface area contributed by atoms with Crippen LogP contribution in [-0.2, 0) is 0 Å². The number of hydrogen-bond donors (Lipinski definition) is 2. The van der Waals surface area contributed by atoms with Gasteiger partial charge in [0.25, 0.3) is 5.69 Å². The van der Waals surface area contributed by atoms with E-state index in [1.165, 1.54) is 48.5 Å². The van der Waals surface area contributed by atoms with Crippen molar-refractivity contribution in [2.75, 3.05) is 10.6 Å². The molecule has 2 N–H and O–H groups in total. The summed E-state index contributed by atoms with van der Waals surface area (Å²) in [6.07, 6.45) is 0. The topological polar surface area (TPSA) is 93.5 Å². The molecule has 0 heterocycles. The third kappa shape index (κ3) is 4.92. The Hall–Kier alpha value is -3.23. The van der Waals surface area contributed by atoms with Crippen LogP contribution in [0.15, 0.2) is 48.5 Å². The van der Waals surface area contributed by atoms with Gasteiger partial charge in [0.15, 0.2) is 0 Å². The summed E-state index contributed by atoms with van der Waals surface area (Å²) in [7, 11) is 0. The van der Waals surface area contributed by atoms with Crippen LogP contribution >= 0.6 is 0 Å². The molecule has 2 aromatic carbocycles. The van der Waals surface area contributed by atoms with Crippen molar-refractivity contribution in [3.8, 4) is 5.75 Å². The summed E-state index contributed by atoms with van der Waals surface area (Å²) < 4.78 is 28.2.